The zero-order valence-corrected chi connectivity index (χ0v) is 21.5. The number of rotatable bonds is 6. The third kappa shape index (κ3) is 4.60. The summed E-state index contributed by atoms with van der Waals surface area (Å²) in [6.07, 6.45) is 6.11. The Morgan fingerprint density at radius 3 is 2.58 bits per heavy atom. The number of nitrogens with zero attached hydrogens (tertiary/aromatic N) is 5. The third-order valence-electron chi connectivity index (χ3n) is 7.58. The van der Waals surface area contributed by atoms with Crippen molar-refractivity contribution in [2.75, 3.05) is 20.2 Å². The second-order valence-corrected chi connectivity index (χ2v) is 10.1. The molecule has 0 radical (unpaired) electrons. The van der Waals surface area contributed by atoms with E-state index in [0.29, 0.717) is 53.5 Å². The zero-order chi connectivity index (χ0) is 26.2. The molecule has 1 aliphatic carbocycles. The van der Waals surface area contributed by atoms with Gasteiger partial charge in [0, 0.05) is 56.0 Å². The average molecular weight is 511 g/mol. The molecule has 2 atom stereocenters. The molecular weight excluding hydrogens is 480 g/mol. The number of ether oxygens (including phenoxy) is 1. The number of hydrogen-bond donors (Lipinski definition) is 1. The summed E-state index contributed by atoms with van der Waals surface area (Å²) < 4.78 is 7.18. The highest BCUT2D eigenvalue weighted by molar-refractivity contribution is 5.99. The first-order valence-corrected chi connectivity index (χ1v) is 13.0. The van der Waals surface area contributed by atoms with E-state index in [-0.39, 0.29) is 23.8 Å². The average Bonchev–Trinajstić information content (AvgIpc) is 3.73. The van der Waals surface area contributed by atoms with Crippen LogP contribution in [0, 0.1) is 0 Å². The number of aryl methyl sites for hydroxylation is 1. The Hall–Kier alpha value is -4.27. The van der Waals surface area contributed by atoms with Gasteiger partial charge in [-0.3, -0.25) is 19.3 Å². The second kappa shape index (κ2) is 9.89. The molecule has 3 heterocycles. The number of carbonyl (C=O) groups excluding carboxylic acids is 2. The second-order valence-electron chi connectivity index (χ2n) is 10.1. The van der Waals surface area contributed by atoms with Gasteiger partial charge in [0.1, 0.15) is 17.0 Å². The van der Waals surface area contributed by atoms with Gasteiger partial charge in [0.05, 0.1) is 18.3 Å². The third-order valence-corrected chi connectivity index (χ3v) is 7.58. The first-order valence-electron chi connectivity index (χ1n) is 13.0. The maximum Gasteiger partial charge on any atom is 0.269 e. The Balaban J connectivity index is 1.25. The molecule has 2 fully saturated rings. The number of nitrogens with one attached hydrogen (secondary N) is 1. The molecule has 2 aromatic carbocycles. The van der Waals surface area contributed by atoms with Crippen LogP contribution in [0.5, 0.6) is 5.75 Å². The highest BCUT2D eigenvalue weighted by Crippen LogP contribution is 2.39. The van der Waals surface area contributed by atoms with Crippen molar-refractivity contribution in [3.63, 3.8) is 0 Å². The SMILES string of the molecule is COc1cc(C(=O)N2CC[C@@H](NC(=O)c3cc(C4CC4)nn3C)[C@@H](c3ccccc3)C2)cc2nccnc12. The number of carbonyl (C=O) groups is 2. The van der Waals surface area contributed by atoms with Crippen LogP contribution in [0.4, 0.5) is 0 Å². The lowest BCUT2D eigenvalue weighted by Crippen LogP contribution is -2.51. The van der Waals surface area contributed by atoms with Crippen molar-refractivity contribution < 1.29 is 14.3 Å². The molecule has 1 saturated carbocycles. The van der Waals surface area contributed by atoms with E-state index in [1.54, 1.807) is 36.3 Å². The maximum absolute atomic E-state index is 13.7. The fraction of sp³-hybridized carbons (Fsp3) is 0.345. The van der Waals surface area contributed by atoms with Crippen LogP contribution in [-0.4, -0.2) is 62.7 Å². The van der Waals surface area contributed by atoms with E-state index in [4.69, 9.17) is 4.74 Å². The molecule has 9 heteroatoms. The number of likely N-dealkylation sites (tertiary alicyclic amines) is 1. The van der Waals surface area contributed by atoms with Crippen molar-refractivity contribution in [3.8, 4) is 5.75 Å². The molecule has 4 aromatic rings. The summed E-state index contributed by atoms with van der Waals surface area (Å²) >= 11 is 0. The van der Waals surface area contributed by atoms with E-state index in [0.717, 1.165) is 24.1 Å². The van der Waals surface area contributed by atoms with E-state index >= 15 is 0 Å². The number of benzene rings is 2. The molecule has 0 bridgehead atoms. The number of methoxy groups -OCH3 is 1. The molecule has 6 rings (SSSR count). The van der Waals surface area contributed by atoms with Crippen LogP contribution in [0.3, 0.4) is 0 Å². The van der Waals surface area contributed by atoms with Gasteiger partial charge in [-0.05, 0) is 43.0 Å². The summed E-state index contributed by atoms with van der Waals surface area (Å²) in [6, 6.07) is 15.4. The van der Waals surface area contributed by atoms with Crippen molar-refractivity contribution in [1.29, 1.82) is 0 Å². The lowest BCUT2D eigenvalue weighted by molar-refractivity contribution is 0.0670. The van der Waals surface area contributed by atoms with Crippen LogP contribution in [0.25, 0.3) is 11.0 Å². The predicted octanol–water partition coefficient (Wildman–Crippen LogP) is 3.68. The van der Waals surface area contributed by atoms with E-state index in [1.807, 2.05) is 36.2 Å². The van der Waals surface area contributed by atoms with Gasteiger partial charge in [0.25, 0.3) is 11.8 Å². The minimum Gasteiger partial charge on any atom is -0.494 e. The van der Waals surface area contributed by atoms with Crippen LogP contribution < -0.4 is 10.1 Å². The summed E-state index contributed by atoms with van der Waals surface area (Å²) in [5, 5.41) is 7.81. The molecule has 194 valence electrons. The van der Waals surface area contributed by atoms with Crippen molar-refractivity contribution in [1.82, 2.24) is 30.0 Å². The Labute approximate surface area is 220 Å². The molecule has 1 N–H and O–H groups in total. The van der Waals surface area contributed by atoms with Gasteiger partial charge in [-0.1, -0.05) is 30.3 Å². The first-order chi connectivity index (χ1) is 18.5. The quantitative estimate of drug-likeness (QED) is 0.425. The number of amides is 2. The summed E-state index contributed by atoms with van der Waals surface area (Å²) in [5.41, 5.74) is 4.39. The van der Waals surface area contributed by atoms with E-state index in [9.17, 15) is 9.59 Å². The van der Waals surface area contributed by atoms with Crippen molar-refractivity contribution in [2.45, 2.75) is 37.1 Å². The van der Waals surface area contributed by atoms with Gasteiger partial charge in [-0.15, -0.1) is 0 Å². The first kappa shape index (κ1) is 24.1. The van der Waals surface area contributed by atoms with Crippen LogP contribution in [0.2, 0.25) is 0 Å². The van der Waals surface area contributed by atoms with Crippen LogP contribution in [-0.2, 0) is 7.05 Å². The Morgan fingerprint density at radius 1 is 1.03 bits per heavy atom. The van der Waals surface area contributed by atoms with E-state index in [1.165, 1.54) is 0 Å². The number of piperidine rings is 1. The van der Waals surface area contributed by atoms with Gasteiger partial charge < -0.3 is 15.0 Å². The van der Waals surface area contributed by atoms with Gasteiger partial charge in [-0.2, -0.15) is 5.10 Å². The standard InChI is InChI=1S/C29H30N6O3/c1-34-25(16-23(33-34)19-8-9-19)28(36)32-22-10-13-35(17-21(22)18-6-4-3-5-7-18)29(37)20-14-24-27(26(15-20)38-2)31-12-11-30-24/h3-7,11-12,14-16,19,21-22H,8-10,13,17H2,1-2H3,(H,32,36)/t21-,22-/m1/s1. The minimum atomic E-state index is -0.129. The normalized spacial score (nSPS) is 19.4. The lowest BCUT2D eigenvalue weighted by atomic mass is 9.85. The van der Waals surface area contributed by atoms with Crippen molar-refractivity contribution in [3.05, 3.63) is 83.4 Å². The van der Waals surface area contributed by atoms with Crippen LogP contribution in [0.15, 0.2) is 60.9 Å². The van der Waals surface area contributed by atoms with Crippen molar-refractivity contribution >= 4 is 22.8 Å². The van der Waals surface area contributed by atoms with Gasteiger partial charge in [0.2, 0.25) is 0 Å². The fourth-order valence-corrected chi connectivity index (χ4v) is 5.37. The smallest absolute Gasteiger partial charge is 0.269 e. The van der Waals surface area contributed by atoms with Gasteiger partial charge in [-0.25, -0.2) is 4.98 Å². The van der Waals surface area contributed by atoms with E-state index < -0.39 is 0 Å². The Bertz CT molecular complexity index is 1500. The van der Waals surface area contributed by atoms with E-state index in [2.05, 4.69) is 32.5 Å². The number of aromatic nitrogens is 4. The summed E-state index contributed by atoms with van der Waals surface area (Å²) in [4.78, 5) is 37.6. The number of fused-ring (bicyclic) bond motifs is 1. The molecule has 38 heavy (non-hydrogen) atoms. The topological polar surface area (TPSA) is 102 Å². The fourth-order valence-electron chi connectivity index (χ4n) is 5.37. The molecule has 0 spiro atoms. The maximum atomic E-state index is 13.7. The molecule has 2 amide bonds. The molecule has 1 aliphatic heterocycles. The lowest BCUT2D eigenvalue weighted by Gasteiger charge is -2.39. The van der Waals surface area contributed by atoms with Crippen LogP contribution >= 0.6 is 0 Å². The predicted molar refractivity (Wildman–Crippen MR) is 142 cm³/mol. The molecular formula is C29H30N6O3. The largest absolute Gasteiger partial charge is 0.494 e. The molecule has 2 aliphatic rings. The molecule has 2 aromatic heterocycles. The zero-order valence-electron chi connectivity index (χ0n) is 21.5. The highest BCUT2D eigenvalue weighted by Gasteiger charge is 2.35. The van der Waals surface area contributed by atoms with Gasteiger partial charge in [0.15, 0.2) is 0 Å². The summed E-state index contributed by atoms with van der Waals surface area (Å²) in [6.45, 7) is 1.000. The molecule has 0 unspecified atom stereocenters. The molecule has 9 nitrogen and oxygen atoms in total. The van der Waals surface area contributed by atoms with Crippen molar-refractivity contribution in [2.24, 2.45) is 7.05 Å². The Kier molecular flexibility index (Phi) is 6.27. The van der Waals surface area contributed by atoms with Gasteiger partial charge >= 0.3 is 0 Å². The number of hydrogen-bond acceptors (Lipinski definition) is 6. The minimum absolute atomic E-state index is 0.0591. The highest BCUT2D eigenvalue weighted by atomic mass is 16.5. The van der Waals surface area contributed by atoms with Crippen LogP contribution in [0.1, 0.15) is 63.2 Å². The molecule has 1 saturated heterocycles. The summed E-state index contributed by atoms with van der Waals surface area (Å²) in [5.74, 6) is 0.713. The Morgan fingerprint density at radius 2 is 1.82 bits per heavy atom. The monoisotopic (exact) mass is 510 g/mol. The summed E-state index contributed by atoms with van der Waals surface area (Å²) in [7, 11) is 3.38.